The van der Waals surface area contributed by atoms with Gasteiger partial charge in [-0.3, -0.25) is 19.3 Å². The third-order valence-corrected chi connectivity index (χ3v) is 3.95. The molecule has 0 aromatic carbocycles. The van der Waals surface area contributed by atoms with Crippen molar-refractivity contribution in [1.29, 1.82) is 0 Å². The molecule has 1 aliphatic rings. The molecule has 0 bridgehead atoms. The highest BCUT2D eigenvalue weighted by Gasteiger charge is 2.23. The number of hydrogen-bond donors (Lipinski definition) is 2. The lowest BCUT2D eigenvalue weighted by Gasteiger charge is -2.34. The summed E-state index contributed by atoms with van der Waals surface area (Å²) in [5.41, 5.74) is 0.210. The summed E-state index contributed by atoms with van der Waals surface area (Å²) in [7, 11) is 0. The first-order valence-corrected chi connectivity index (χ1v) is 7.95. The molecule has 1 saturated heterocycles. The highest BCUT2D eigenvalue weighted by molar-refractivity contribution is 5.94. The molecular weight excluding hydrogens is 326 g/mol. The number of nitrogens with zero attached hydrogens (tertiary/aromatic N) is 3. The molecule has 2 N–H and O–H groups in total. The highest BCUT2D eigenvalue weighted by Crippen LogP contribution is 2.09. The lowest BCUT2D eigenvalue weighted by molar-refractivity contribution is -0.117. The quantitative estimate of drug-likeness (QED) is 0.811. The zero-order chi connectivity index (χ0) is 17.8. The average Bonchev–Trinajstić information content (AvgIpc) is 3.00. The Morgan fingerprint density at radius 3 is 2.64 bits per heavy atom. The fourth-order valence-electron chi connectivity index (χ4n) is 2.65. The standard InChI is InChI=1S/C16H19N5O4/c1-11-8-13(19-25-11)18-15(23)10-20-4-6-21(7-5-20)16(24)12-2-3-14(22)17-9-12/h2-3,8-9H,4-7,10H2,1H3,(H,17,22)(H,18,19,23). The van der Waals surface area contributed by atoms with Gasteiger partial charge in [-0.25, -0.2) is 0 Å². The van der Waals surface area contributed by atoms with Gasteiger partial charge < -0.3 is 19.7 Å². The summed E-state index contributed by atoms with van der Waals surface area (Å²) in [6.07, 6.45) is 1.42. The molecule has 132 valence electrons. The Balaban J connectivity index is 1.48. The number of aromatic amines is 1. The molecule has 0 aliphatic carbocycles. The van der Waals surface area contributed by atoms with E-state index in [1.165, 1.54) is 18.3 Å². The van der Waals surface area contributed by atoms with Gasteiger partial charge in [0.15, 0.2) is 5.82 Å². The van der Waals surface area contributed by atoms with E-state index in [9.17, 15) is 14.4 Å². The summed E-state index contributed by atoms with van der Waals surface area (Å²) in [6.45, 7) is 4.22. The monoisotopic (exact) mass is 345 g/mol. The van der Waals surface area contributed by atoms with Crippen molar-refractivity contribution in [2.24, 2.45) is 0 Å². The molecule has 25 heavy (non-hydrogen) atoms. The lowest BCUT2D eigenvalue weighted by atomic mass is 10.2. The van der Waals surface area contributed by atoms with Crippen molar-refractivity contribution >= 4 is 17.6 Å². The van der Waals surface area contributed by atoms with Crippen LogP contribution in [0.2, 0.25) is 0 Å². The number of H-pyrrole nitrogens is 1. The van der Waals surface area contributed by atoms with Crippen molar-refractivity contribution in [2.75, 3.05) is 38.0 Å². The maximum atomic E-state index is 12.4. The largest absolute Gasteiger partial charge is 0.360 e. The highest BCUT2D eigenvalue weighted by atomic mass is 16.5. The van der Waals surface area contributed by atoms with Gasteiger partial charge >= 0.3 is 0 Å². The lowest BCUT2D eigenvalue weighted by Crippen LogP contribution is -2.50. The average molecular weight is 345 g/mol. The van der Waals surface area contributed by atoms with Crippen molar-refractivity contribution in [3.8, 4) is 0 Å². The molecule has 2 amide bonds. The Morgan fingerprint density at radius 2 is 2.04 bits per heavy atom. The third-order valence-electron chi connectivity index (χ3n) is 3.95. The van der Waals surface area contributed by atoms with E-state index in [1.807, 2.05) is 4.90 Å². The minimum atomic E-state index is -0.241. The summed E-state index contributed by atoms with van der Waals surface area (Å²) in [6, 6.07) is 4.50. The fraction of sp³-hybridized carbons (Fsp3) is 0.375. The van der Waals surface area contributed by atoms with E-state index in [0.717, 1.165) is 0 Å². The van der Waals surface area contributed by atoms with Crippen molar-refractivity contribution in [3.05, 3.63) is 46.1 Å². The van der Waals surface area contributed by atoms with E-state index in [0.29, 0.717) is 43.3 Å². The number of hydrogen-bond acceptors (Lipinski definition) is 6. The van der Waals surface area contributed by atoms with Crippen LogP contribution in [-0.2, 0) is 4.79 Å². The number of pyridine rings is 1. The Kier molecular flexibility index (Phi) is 4.94. The van der Waals surface area contributed by atoms with E-state index in [4.69, 9.17) is 4.52 Å². The Bertz CT molecular complexity index is 799. The SMILES string of the molecule is Cc1cc(NC(=O)CN2CCN(C(=O)c3ccc(=O)[nH]c3)CC2)no1. The minimum Gasteiger partial charge on any atom is -0.360 e. The number of aromatic nitrogens is 2. The minimum absolute atomic E-state index is 0.126. The molecule has 2 aromatic rings. The molecule has 9 heteroatoms. The van der Waals surface area contributed by atoms with Gasteiger partial charge in [0, 0.05) is 44.5 Å². The van der Waals surface area contributed by atoms with Gasteiger partial charge in [-0.2, -0.15) is 0 Å². The van der Waals surface area contributed by atoms with E-state index < -0.39 is 0 Å². The second-order valence-corrected chi connectivity index (χ2v) is 5.88. The van der Waals surface area contributed by atoms with Crippen LogP contribution in [0.4, 0.5) is 5.82 Å². The first kappa shape index (κ1) is 16.9. The van der Waals surface area contributed by atoms with E-state index in [1.54, 1.807) is 17.9 Å². The maximum Gasteiger partial charge on any atom is 0.255 e. The Hall–Kier alpha value is -2.94. The van der Waals surface area contributed by atoms with Crippen LogP contribution < -0.4 is 10.9 Å². The Morgan fingerprint density at radius 1 is 1.28 bits per heavy atom. The van der Waals surface area contributed by atoms with Gasteiger partial charge in [0.05, 0.1) is 12.1 Å². The van der Waals surface area contributed by atoms with Crippen LogP contribution in [0.3, 0.4) is 0 Å². The molecule has 0 unspecified atom stereocenters. The summed E-state index contributed by atoms with van der Waals surface area (Å²) in [5.74, 6) is 0.728. The number of rotatable bonds is 4. The molecule has 2 aromatic heterocycles. The first-order chi connectivity index (χ1) is 12.0. The summed E-state index contributed by atoms with van der Waals surface area (Å²) in [5, 5.41) is 6.40. The smallest absolute Gasteiger partial charge is 0.255 e. The van der Waals surface area contributed by atoms with Crippen LogP contribution in [-0.4, -0.2) is 64.5 Å². The Labute approximate surface area is 143 Å². The van der Waals surface area contributed by atoms with Crippen LogP contribution in [0.1, 0.15) is 16.1 Å². The van der Waals surface area contributed by atoms with Crippen molar-refractivity contribution in [1.82, 2.24) is 19.9 Å². The number of piperazine rings is 1. The number of nitrogens with one attached hydrogen (secondary N) is 2. The number of carbonyl (C=O) groups is 2. The zero-order valence-corrected chi connectivity index (χ0v) is 13.8. The summed E-state index contributed by atoms with van der Waals surface area (Å²) >= 11 is 0. The van der Waals surface area contributed by atoms with Gasteiger partial charge in [-0.05, 0) is 13.0 Å². The van der Waals surface area contributed by atoms with Gasteiger partial charge in [-0.15, -0.1) is 0 Å². The zero-order valence-electron chi connectivity index (χ0n) is 13.8. The van der Waals surface area contributed by atoms with Gasteiger partial charge in [0.1, 0.15) is 5.76 Å². The predicted octanol–water partition coefficient (Wildman–Crippen LogP) is 0.0678. The second kappa shape index (κ2) is 7.31. The summed E-state index contributed by atoms with van der Waals surface area (Å²) < 4.78 is 4.90. The molecule has 0 atom stereocenters. The van der Waals surface area contributed by atoms with Crippen molar-refractivity contribution < 1.29 is 14.1 Å². The fourth-order valence-corrected chi connectivity index (χ4v) is 2.65. The number of aryl methyl sites for hydroxylation is 1. The normalized spacial score (nSPS) is 15.2. The number of anilines is 1. The van der Waals surface area contributed by atoms with E-state index >= 15 is 0 Å². The first-order valence-electron chi connectivity index (χ1n) is 7.95. The topological polar surface area (TPSA) is 112 Å². The molecule has 1 aliphatic heterocycles. The second-order valence-electron chi connectivity index (χ2n) is 5.88. The molecule has 1 fully saturated rings. The van der Waals surface area contributed by atoms with Gasteiger partial charge in [-0.1, -0.05) is 5.16 Å². The predicted molar refractivity (Wildman–Crippen MR) is 89.3 cm³/mol. The summed E-state index contributed by atoms with van der Waals surface area (Å²) in [4.78, 5) is 41.6. The van der Waals surface area contributed by atoms with Gasteiger partial charge in [0.2, 0.25) is 11.5 Å². The van der Waals surface area contributed by atoms with Crippen LogP contribution in [0.5, 0.6) is 0 Å². The van der Waals surface area contributed by atoms with E-state index in [2.05, 4.69) is 15.5 Å². The molecule has 9 nitrogen and oxygen atoms in total. The van der Waals surface area contributed by atoms with E-state index in [-0.39, 0.29) is 23.9 Å². The molecule has 3 rings (SSSR count). The van der Waals surface area contributed by atoms with Crippen LogP contribution >= 0.6 is 0 Å². The third kappa shape index (κ3) is 4.32. The van der Waals surface area contributed by atoms with Crippen molar-refractivity contribution in [2.45, 2.75) is 6.92 Å². The van der Waals surface area contributed by atoms with Crippen LogP contribution in [0, 0.1) is 6.92 Å². The molecule has 3 heterocycles. The van der Waals surface area contributed by atoms with Crippen LogP contribution in [0.15, 0.2) is 33.7 Å². The van der Waals surface area contributed by atoms with Gasteiger partial charge in [0.25, 0.3) is 5.91 Å². The number of carbonyl (C=O) groups excluding carboxylic acids is 2. The maximum absolute atomic E-state index is 12.4. The molecule has 0 saturated carbocycles. The number of amides is 2. The molecular formula is C16H19N5O4. The van der Waals surface area contributed by atoms with Crippen molar-refractivity contribution in [3.63, 3.8) is 0 Å². The van der Waals surface area contributed by atoms with Crippen LogP contribution in [0.25, 0.3) is 0 Å². The molecule has 0 radical (unpaired) electrons. The molecule has 0 spiro atoms.